The van der Waals surface area contributed by atoms with Crippen molar-refractivity contribution in [2.75, 3.05) is 6.16 Å². The first-order valence-corrected chi connectivity index (χ1v) is 25.5. The Hall–Kier alpha value is -1.57. The predicted molar refractivity (Wildman–Crippen MR) is 248 cm³/mol. The fourth-order valence-electron chi connectivity index (χ4n) is 8.15. The van der Waals surface area contributed by atoms with Crippen molar-refractivity contribution < 1.29 is 13.9 Å². The highest BCUT2D eigenvalue weighted by molar-refractivity contribution is 7.61. The van der Waals surface area contributed by atoms with E-state index in [1.807, 2.05) is 0 Å². The zero-order chi connectivity index (χ0) is 41.8. The molecule has 2 aromatic rings. The average molecular weight is 794 g/mol. The van der Waals surface area contributed by atoms with E-state index in [4.69, 9.17) is 9.05 Å². The van der Waals surface area contributed by atoms with Gasteiger partial charge >= 0.3 is 7.94 Å². The van der Waals surface area contributed by atoms with Gasteiger partial charge in [0.15, 0.2) is 17.7 Å². The van der Waals surface area contributed by atoms with Gasteiger partial charge in [-0.1, -0.05) is 211 Å². The fraction of sp³-hybridized carbons (Fsp3) is 0.769. The molecule has 0 unspecified atom stereocenters. The first-order chi connectivity index (χ1) is 26.3. The molecular formula is C52H90O3P+. The maximum atomic E-state index is 12.9. The van der Waals surface area contributed by atoms with Crippen LogP contribution in [0.5, 0.6) is 11.5 Å². The minimum Gasteiger partial charge on any atom is -0.277 e. The summed E-state index contributed by atoms with van der Waals surface area (Å²) < 4.78 is 14.3. The van der Waals surface area contributed by atoms with Crippen LogP contribution in [0.4, 0.5) is 0 Å². The second-order valence-electron chi connectivity index (χ2n) is 20.4. The molecule has 1 heterocycles. The molecule has 0 spiro atoms. The third-order valence-electron chi connectivity index (χ3n) is 14.5. The van der Waals surface area contributed by atoms with Crippen LogP contribution in [0.3, 0.4) is 0 Å². The largest absolute Gasteiger partial charge is 0.495 e. The summed E-state index contributed by atoms with van der Waals surface area (Å²) in [5.74, 6) is 1.77. The van der Waals surface area contributed by atoms with Gasteiger partial charge in [0.2, 0.25) is 0 Å². The molecule has 0 saturated heterocycles. The maximum absolute atomic E-state index is 12.9. The van der Waals surface area contributed by atoms with Crippen molar-refractivity contribution in [3.63, 3.8) is 0 Å². The standard InChI is InChI=1S/C52H90O3P/c1-15-20-21-22-23-24-25-26-27-28-29-30-31-32-33-34-35-56(53)54-47-43(36-41(49(7,8)16-2)38-45(47)51(11,12)18-4)40(6)44-37-42(50(9,10)17-3)39-46(48(44)55-56)52(13,14)19-5/h36-40,53H,15-35H2,1-14H3/q+1. The van der Waals surface area contributed by atoms with Crippen molar-refractivity contribution >= 4 is 7.94 Å². The van der Waals surface area contributed by atoms with Crippen LogP contribution in [0.1, 0.15) is 265 Å². The molecule has 0 amide bonds. The Kier molecular flexibility index (Phi) is 18.8. The number of rotatable bonds is 25. The molecule has 1 aliphatic heterocycles. The van der Waals surface area contributed by atoms with Crippen molar-refractivity contribution in [2.45, 2.75) is 253 Å². The Bertz CT molecular complexity index is 1390. The second-order valence-corrected chi connectivity index (χ2v) is 22.5. The summed E-state index contributed by atoms with van der Waals surface area (Å²) in [5.41, 5.74) is 7.27. The van der Waals surface area contributed by atoms with Crippen LogP contribution in [0.2, 0.25) is 0 Å². The average Bonchev–Trinajstić information content (AvgIpc) is 3.16. The Morgan fingerprint density at radius 2 is 0.768 bits per heavy atom. The van der Waals surface area contributed by atoms with Gasteiger partial charge in [-0.15, -0.1) is 0 Å². The molecule has 3 rings (SSSR count). The van der Waals surface area contributed by atoms with Crippen LogP contribution in [-0.4, -0.2) is 11.1 Å². The van der Waals surface area contributed by atoms with E-state index in [9.17, 15) is 4.89 Å². The topological polar surface area (TPSA) is 38.7 Å². The lowest BCUT2D eigenvalue weighted by Gasteiger charge is -2.37. The molecule has 1 aliphatic rings. The van der Waals surface area contributed by atoms with Gasteiger partial charge in [-0.2, -0.15) is 4.89 Å². The predicted octanol–water partition coefficient (Wildman–Crippen LogP) is 17.4. The van der Waals surface area contributed by atoms with Gasteiger partial charge in [0, 0.05) is 28.2 Å². The van der Waals surface area contributed by atoms with Gasteiger partial charge in [0.25, 0.3) is 0 Å². The summed E-state index contributed by atoms with van der Waals surface area (Å²) in [6.07, 6.45) is 25.8. The molecule has 0 aliphatic carbocycles. The molecular weight excluding hydrogens is 704 g/mol. The van der Waals surface area contributed by atoms with Gasteiger partial charge in [-0.3, -0.25) is 9.05 Å². The van der Waals surface area contributed by atoms with Crippen molar-refractivity contribution in [3.8, 4) is 11.5 Å². The van der Waals surface area contributed by atoms with E-state index in [0.717, 1.165) is 50.0 Å². The monoisotopic (exact) mass is 794 g/mol. The third-order valence-corrected chi connectivity index (χ3v) is 16.3. The minimum absolute atomic E-state index is 0.00935. The highest BCUT2D eigenvalue weighted by Crippen LogP contribution is 2.64. The maximum Gasteiger partial charge on any atom is 0.495 e. The van der Waals surface area contributed by atoms with Gasteiger partial charge < -0.3 is 0 Å². The van der Waals surface area contributed by atoms with Crippen LogP contribution in [-0.2, 0) is 21.7 Å². The van der Waals surface area contributed by atoms with E-state index in [0.29, 0.717) is 6.16 Å². The highest BCUT2D eigenvalue weighted by Gasteiger charge is 2.50. The summed E-state index contributed by atoms with van der Waals surface area (Å²) >= 11 is 0. The van der Waals surface area contributed by atoms with Crippen LogP contribution in [0.25, 0.3) is 0 Å². The highest BCUT2D eigenvalue weighted by atomic mass is 31.2. The summed E-state index contributed by atoms with van der Waals surface area (Å²) in [6, 6.07) is 9.66. The number of hydrogen-bond donors (Lipinski definition) is 1. The SMILES string of the molecule is CCCCCCCCCCCCCCCCCC[P+]1(O)Oc2c(cc(C(C)(C)CC)cc2C(C)(C)CC)C(C)c2cc(C(C)(C)CC)cc(C(C)(C)CC)c2O1. The number of fused-ring (bicyclic) bond motifs is 2. The summed E-state index contributed by atoms with van der Waals surface area (Å²) in [7, 11) is -3.35. The summed E-state index contributed by atoms with van der Waals surface area (Å²) in [5, 5.41) is 0. The quantitative estimate of drug-likeness (QED) is 0.0804. The van der Waals surface area contributed by atoms with Gasteiger partial charge in [0.1, 0.15) is 0 Å². The molecule has 56 heavy (non-hydrogen) atoms. The molecule has 0 aromatic heterocycles. The van der Waals surface area contributed by atoms with Crippen molar-refractivity contribution in [3.05, 3.63) is 57.6 Å². The first-order valence-electron chi connectivity index (χ1n) is 23.7. The molecule has 0 bridgehead atoms. The third kappa shape index (κ3) is 13.0. The van der Waals surface area contributed by atoms with Crippen molar-refractivity contribution in [2.24, 2.45) is 0 Å². The van der Waals surface area contributed by atoms with Crippen LogP contribution >= 0.6 is 7.94 Å². The molecule has 0 saturated carbocycles. The van der Waals surface area contributed by atoms with E-state index in [-0.39, 0.29) is 27.6 Å². The Balaban J connectivity index is 1.94. The molecule has 1 N–H and O–H groups in total. The van der Waals surface area contributed by atoms with Crippen LogP contribution in [0.15, 0.2) is 24.3 Å². The zero-order valence-electron chi connectivity index (χ0n) is 39.4. The number of benzene rings is 2. The Morgan fingerprint density at radius 1 is 0.464 bits per heavy atom. The minimum atomic E-state index is -3.35. The van der Waals surface area contributed by atoms with Gasteiger partial charge in [-0.05, 0) is 71.3 Å². The molecule has 0 fully saturated rings. The molecule has 320 valence electrons. The van der Waals surface area contributed by atoms with Crippen LogP contribution < -0.4 is 9.05 Å². The van der Waals surface area contributed by atoms with E-state index in [1.165, 1.54) is 123 Å². The summed E-state index contributed by atoms with van der Waals surface area (Å²) in [6.45, 7) is 32.6. The first kappa shape index (κ1) is 48.8. The second kappa shape index (κ2) is 21.6. The van der Waals surface area contributed by atoms with Crippen molar-refractivity contribution in [1.29, 1.82) is 0 Å². The fourth-order valence-corrected chi connectivity index (χ4v) is 9.97. The Labute approximate surface area is 348 Å². The van der Waals surface area contributed by atoms with Crippen LogP contribution in [0, 0.1) is 0 Å². The number of hydrogen-bond acceptors (Lipinski definition) is 3. The van der Waals surface area contributed by atoms with Gasteiger partial charge in [-0.25, -0.2) is 0 Å². The van der Waals surface area contributed by atoms with E-state index < -0.39 is 7.94 Å². The van der Waals surface area contributed by atoms with E-state index in [2.05, 4.69) is 121 Å². The van der Waals surface area contributed by atoms with Gasteiger partial charge in [0.05, 0.1) is 0 Å². The molecule has 4 heteroatoms. The molecule has 0 atom stereocenters. The van der Waals surface area contributed by atoms with E-state index >= 15 is 0 Å². The van der Waals surface area contributed by atoms with Crippen molar-refractivity contribution in [1.82, 2.24) is 0 Å². The smallest absolute Gasteiger partial charge is 0.277 e. The molecule has 0 radical (unpaired) electrons. The number of unbranched alkanes of at least 4 members (excludes halogenated alkanes) is 15. The summed E-state index contributed by atoms with van der Waals surface area (Å²) in [4.78, 5) is 12.9. The lowest BCUT2D eigenvalue weighted by Crippen LogP contribution is -2.27. The Morgan fingerprint density at radius 3 is 1.07 bits per heavy atom. The lowest BCUT2D eigenvalue weighted by atomic mass is 9.72. The normalized spacial score (nSPS) is 17.8. The zero-order valence-corrected chi connectivity index (χ0v) is 40.3. The van der Waals surface area contributed by atoms with E-state index in [1.54, 1.807) is 0 Å². The molecule has 2 aromatic carbocycles. The lowest BCUT2D eigenvalue weighted by molar-refractivity contribution is 0.324. The molecule has 3 nitrogen and oxygen atoms in total.